The molecule has 1 saturated carbocycles. The quantitative estimate of drug-likeness (QED) is 0.868. The number of carbonyl (C=O) groups is 2. The lowest BCUT2D eigenvalue weighted by Crippen LogP contribution is -2.51. The highest BCUT2D eigenvalue weighted by atomic mass is 16.2. The lowest BCUT2D eigenvalue weighted by Gasteiger charge is -2.35. The minimum Gasteiger partial charge on any atom is -0.343 e. The van der Waals surface area contributed by atoms with E-state index in [1.165, 1.54) is 12.8 Å². The van der Waals surface area contributed by atoms with E-state index in [9.17, 15) is 9.59 Å². The van der Waals surface area contributed by atoms with Crippen LogP contribution in [0.5, 0.6) is 0 Å². The Balaban J connectivity index is 1.87. The average molecular weight is 295 g/mol. The van der Waals surface area contributed by atoms with Crippen molar-refractivity contribution >= 4 is 11.9 Å². The number of urea groups is 1. The molecule has 1 heterocycles. The fourth-order valence-electron chi connectivity index (χ4n) is 3.24. The smallest absolute Gasteiger partial charge is 0.317 e. The number of hydrogen-bond donors (Lipinski definition) is 1. The summed E-state index contributed by atoms with van der Waals surface area (Å²) < 4.78 is 0. The molecule has 1 atom stereocenters. The van der Waals surface area contributed by atoms with Crippen LogP contribution in [0.1, 0.15) is 52.4 Å². The Morgan fingerprint density at radius 3 is 2.43 bits per heavy atom. The van der Waals surface area contributed by atoms with E-state index in [1.807, 2.05) is 25.8 Å². The van der Waals surface area contributed by atoms with E-state index >= 15 is 0 Å². The number of amides is 3. The zero-order valence-corrected chi connectivity index (χ0v) is 13.6. The molecule has 1 unspecified atom stereocenters. The molecule has 1 aliphatic carbocycles. The molecular weight excluding hydrogens is 266 g/mol. The molecule has 120 valence electrons. The molecule has 1 aliphatic heterocycles. The summed E-state index contributed by atoms with van der Waals surface area (Å²) in [5.41, 5.74) is 0. The van der Waals surface area contributed by atoms with Crippen LogP contribution in [-0.2, 0) is 4.79 Å². The molecule has 3 amide bonds. The first-order valence-electron chi connectivity index (χ1n) is 8.31. The maximum absolute atomic E-state index is 12.4. The largest absolute Gasteiger partial charge is 0.343 e. The molecule has 5 nitrogen and oxygen atoms in total. The van der Waals surface area contributed by atoms with Gasteiger partial charge in [0.25, 0.3) is 0 Å². The fraction of sp³-hybridized carbons (Fsp3) is 0.875. The molecule has 2 aliphatic rings. The summed E-state index contributed by atoms with van der Waals surface area (Å²) in [6.07, 6.45) is 6.43. The molecule has 21 heavy (non-hydrogen) atoms. The third kappa shape index (κ3) is 4.11. The molecule has 0 radical (unpaired) electrons. The number of nitrogens with one attached hydrogen (secondary N) is 1. The zero-order valence-electron chi connectivity index (χ0n) is 13.6. The lowest BCUT2D eigenvalue weighted by molar-refractivity contribution is -0.137. The van der Waals surface area contributed by atoms with Gasteiger partial charge in [-0.1, -0.05) is 12.8 Å². The molecule has 2 fully saturated rings. The number of nitrogens with zero attached hydrogens (tertiary/aromatic N) is 2. The van der Waals surface area contributed by atoms with Gasteiger partial charge in [-0.3, -0.25) is 4.79 Å². The summed E-state index contributed by atoms with van der Waals surface area (Å²) >= 11 is 0. The van der Waals surface area contributed by atoms with Gasteiger partial charge in [0, 0.05) is 32.2 Å². The van der Waals surface area contributed by atoms with Crippen LogP contribution in [0.2, 0.25) is 0 Å². The Morgan fingerprint density at radius 2 is 1.81 bits per heavy atom. The van der Waals surface area contributed by atoms with Crippen molar-refractivity contribution in [3.05, 3.63) is 0 Å². The van der Waals surface area contributed by atoms with E-state index in [0.29, 0.717) is 12.6 Å². The van der Waals surface area contributed by atoms with E-state index in [-0.39, 0.29) is 23.9 Å². The average Bonchev–Trinajstić information content (AvgIpc) is 2.98. The van der Waals surface area contributed by atoms with Gasteiger partial charge in [-0.25, -0.2) is 4.79 Å². The normalized spacial score (nSPS) is 23.4. The van der Waals surface area contributed by atoms with E-state index in [2.05, 4.69) is 5.32 Å². The molecule has 1 saturated heterocycles. The molecule has 0 aromatic carbocycles. The molecule has 5 heteroatoms. The molecule has 0 bridgehead atoms. The summed E-state index contributed by atoms with van der Waals surface area (Å²) in [5, 5.41) is 3.12. The Morgan fingerprint density at radius 1 is 1.14 bits per heavy atom. The second-order valence-electron chi connectivity index (χ2n) is 6.76. The highest BCUT2D eigenvalue weighted by Crippen LogP contribution is 2.21. The van der Waals surface area contributed by atoms with E-state index in [0.717, 1.165) is 32.2 Å². The van der Waals surface area contributed by atoms with Gasteiger partial charge in [0.1, 0.15) is 0 Å². The highest BCUT2D eigenvalue weighted by molar-refractivity contribution is 5.81. The zero-order chi connectivity index (χ0) is 15.4. The SMILES string of the molecule is CC(C)N(C)C(=O)C1CCCN(C(=O)NC2CCCC2)C1. The van der Waals surface area contributed by atoms with Crippen molar-refractivity contribution in [2.45, 2.75) is 64.5 Å². The summed E-state index contributed by atoms with van der Waals surface area (Å²) in [5.74, 6) is 0.129. The maximum atomic E-state index is 12.4. The minimum atomic E-state index is -0.0412. The first-order chi connectivity index (χ1) is 9.99. The predicted octanol–water partition coefficient (Wildman–Crippen LogP) is 2.22. The van der Waals surface area contributed by atoms with Crippen molar-refractivity contribution in [2.24, 2.45) is 5.92 Å². The summed E-state index contributed by atoms with van der Waals surface area (Å²) in [6, 6.07) is 0.568. The van der Waals surface area contributed by atoms with E-state index < -0.39 is 0 Å². The Labute approximate surface area is 128 Å². The van der Waals surface area contributed by atoms with E-state index in [1.54, 1.807) is 4.90 Å². The third-order valence-electron chi connectivity index (χ3n) is 4.86. The van der Waals surface area contributed by atoms with Crippen molar-refractivity contribution < 1.29 is 9.59 Å². The van der Waals surface area contributed by atoms with Gasteiger partial charge in [0.15, 0.2) is 0 Å². The maximum Gasteiger partial charge on any atom is 0.317 e. The van der Waals surface area contributed by atoms with Gasteiger partial charge in [0.2, 0.25) is 5.91 Å². The third-order valence-corrected chi connectivity index (χ3v) is 4.86. The minimum absolute atomic E-state index is 0.0200. The topological polar surface area (TPSA) is 52.7 Å². The second-order valence-corrected chi connectivity index (χ2v) is 6.76. The highest BCUT2D eigenvalue weighted by Gasteiger charge is 2.31. The second kappa shape index (κ2) is 7.14. The monoisotopic (exact) mass is 295 g/mol. The Hall–Kier alpha value is -1.26. The van der Waals surface area contributed by atoms with Crippen molar-refractivity contribution in [1.82, 2.24) is 15.1 Å². The number of likely N-dealkylation sites (tertiary alicyclic amines) is 1. The number of hydrogen-bond acceptors (Lipinski definition) is 2. The van der Waals surface area contributed by atoms with Crippen LogP contribution in [0.25, 0.3) is 0 Å². The summed E-state index contributed by atoms with van der Waals surface area (Å²) in [4.78, 5) is 28.4. The van der Waals surface area contributed by atoms with Crippen molar-refractivity contribution in [2.75, 3.05) is 20.1 Å². The Bertz CT molecular complexity index is 378. The van der Waals surface area contributed by atoms with Gasteiger partial charge in [-0.2, -0.15) is 0 Å². The van der Waals surface area contributed by atoms with Crippen LogP contribution < -0.4 is 5.32 Å². The van der Waals surface area contributed by atoms with Crippen LogP contribution in [0.15, 0.2) is 0 Å². The van der Waals surface area contributed by atoms with Crippen LogP contribution in [0, 0.1) is 5.92 Å². The Kier molecular flexibility index (Phi) is 5.48. The predicted molar refractivity (Wildman–Crippen MR) is 83.0 cm³/mol. The van der Waals surface area contributed by atoms with Crippen molar-refractivity contribution in [3.63, 3.8) is 0 Å². The summed E-state index contributed by atoms with van der Waals surface area (Å²) in [7, 11) is 1.85. The van der Waals surface area contributed by atoms with Crippen LogP contribution >= 0.6 is 0 Å². The van der Waals surface area contributed by atoms with Crippen molar-refractivity contribution in [1.29, 1.82) is 0 Å². The number of rotatable bonds is 3. The van der Waals surface area contributed by atoms with Gasteiger partial charge < -0.3 is 15.1 Å². The fourth-order valence-corrected chi connectivity index (χ4v) is 3.24. The van der Waals surface area contributed by atoms with Gasteiger partial charge in [0.05, 0.1) is 5.92 Å². The molecular formula is C16H29N3O2. The molecule has 2 rings (SSSR count). The van der Waals surface area contributed by atoms with Crippen molar-refractivity contribution in [3.8, 4) is 0 Å². The number of piperidine rings is 1. The van der Waals surface area contributed by atoms with Crippen LogP contribution in [0.3, 0.4) is 0 Å². The molecule has 0 aromatic heterocycles. The molecule has 0 spiro atoms. The lowest BCUT2D eigenvalue weighted by atomic mass is 9.96. The van der Waals surface area contributed by atoms with Crippen LogP contribution in [-0.4, -0.2) is 54.0 Å². The first-order valence-corrected chi connectivity index (χ1v) is 8.31. The molecule has 1 N–H and O–H groups in total. The standard InChI is InChI=1S/C16H29N3O2/c1-12(2)18(3)15(20)13-7-6-10-19(11-13)16(21)17-14-8-4-5-9-14/h12-14H,4-11H2,1-3H3,(H,17,21). The first kappa shape index (κ1) is 16.1. The molecule has 0 aromatic rings. The van der Waals surface area contributed by atoms with Gasteiger partial charge >= 0.3 is 6.03 Å². The van der Waals surface area contributed by atoms with Gasteiger partial charge in [-0.15, -0.1) is 0 Å². The summed E-state index contributed by atoms with van der Waals surface area (Å²) in [6.45, 7) is 5.37. The van der Waals surface area contributed by atoms with E-state index in [4.69, 9.17) is 0 Å². The van der Waals surface area contributed by atoms with Crippen LogP contribution in [0.4, 0.5) is 4.79 Å². The van der Waals surface area contributed by atoms with Gasteiger partial charge in [-0.05, 0) is 39.5 Å². The number of carbonyl (C=O) groups excluding carboxylic acids is 2.